The third-order valence-electron chi connectivity index (χ3n) is 5.32. The number of amides is 1. The first-order valence-corrected chi connectivity index (χ1v) is 10.9. The average Bonchev–Trinajstić information content (AvgIpc) is 3.49. The average molecular weight is 432 g/mol. The van der Waals surface area contributed by atoms with Crippen LogP contribution in [0.3, 0.4) is 0 Å². The van der Waals surface area contributed by atoms with Crippen molar-refractivity contribution in [1.82, 2.24) is 29.6 Å². The second kappa shape index (κ2) is 8.27. The van der Waals surface area contributed by atoms with E-state index >= 15 is 0 Å². The Morgan fingerprint density at radius 2 is 1.71 bits per heavy atom. The van der Waals surface area contributed by atoms with Gasteiger partial charge in [-0.2, -0.15) is 0 Å². The predicted octanol–water partition coefficient (Wildman–Crippen LogP) is 3.06. The molecule has 4 aromatic heterocycles. The predicted molar refractivity (Wildman–Crippen MR) is 120 cm³/mol. The Morgan fingerprint density at radius 1 is 0.968 bits per heavy atom. The highest BCUT2D eigenvalue weighted by atomic mass is 32.1. The van der Waals surface area contributed by atoms with Crippen LogP contribution in [0.1, 0.15) is 15.4 Å². The highest BCUT2D eigenvalue weighted by molar-refractivity contribution is 7.16. The summed E-state index contributed by atoms with van der Waals surface area (Å²) in [5.41, 5.74) is 2.58. The lowest BCUT2D eigenvalue weighted by atomic mass is 10.2. The first-order valence-electron chi connectivity index (χ1n) is 10.1. The van der Waals surface area contributed by atoms with Crippen LogP contribution in [-0.4, -0.2) is 61.7 Å². The first-order chi connectivity index (χ1) is 15.2. The topological polar surface area (TPSA) is 80.0 Å². The van der Waals surface area contributed by atoms with E-state index in [1.165, 1.54) is 11.3 Å². The number of rotatable bonds is 4. The van der Waals surface area contributed by atoms with Gasteiger partial charge < -0.3 is 14.4 Å². The first kappa shape index (κ1) is 19.4. The van der Waals surface area contributed by atoms with Gasteiger partial charge in [-0.25, -0.2) is 4.98 Å². The van der Waals surface area contributed by atoms with Crippen molar-refractivity contribution >= 4 is 23.1 Å². The zero-order valence-corrected chi connectivity index (χ0v) is 17.9. The van der Waals surface area contributed by atoms with Crippen molar-refractivity contribution in [3.8, 4) is 16.4 Å². The molecule has 5 rings (SSSR count). The minimum Gasteiger partial charge on any atom is -0.352 e. The zero-order chi connectivity index (χ0) is 21.2. The molecule has 0 radical (unpaired) electrons. The van der Waals surface area contributed by atoms with Crippen molar-refractivity contribution in [1.29, 1.82) is 0 Å². The fourth-order valence-corrected chi connectivity index (χ4v) is 4.61. The van der Waals surface area contributed by atoms with E-state index in [4.69, 9.17) is 0 Å². The molecule has 0 N–H and O–H groups in total. The number of hydrogen-bond donors (Lipinski definition) is 0. The monoisotopic (exact) mass is 431 g/mol. The molecule has 1 aliphatic rings. The van der Waals surface area contributed by atoms with Crippen molar-refractivity contribution in [2.75, 3.05) is 31.1 Å². The van der Waals surface area contributed by atoms with Gasteiger partial charge in [0.05, 0.1) is 11.4 Å². The minimum atomic E-state index is 0.0483. The Labute approximate surface area is 183 Å². The molecule has 0 saturated carbocycles. The SMILES string of the molecule is Cc1nc(-n2cccc2)sc1C(=O)N1CCN(c2ccc(-c3ccncc3)nn2)CC1. The largest absolute Gasteiger partial charge is 0.352 e. The Hall–Kier alpha value is -3.59. The molecular formula is C22H21N7OS. The molecule has 0 aliphatic carbocycles. The lowest BCUT2D eigenvalue weighted by molar-refractivity contribution is 0.0750. The third-order valence-corrected chi connectivity index (χ3v) is 6.48. The number of nitrogens with zero attached hydrogens (tertiary/aromatic N) is 7. The van der Waals surface area contributed by atoms with Gasteiger partial charge in [-0.05, 0) is 43.3 Å². The zero-order valence-electron chi connectivity index (χ0n) is 17.0. The Kier molecular flexibility index (Phi) is 5.17. The van der Waals surface area contributed by atoms with Gasteiger partial charge in [0, 0.05) is 56.5 Å². The molecule has 31 heavy (non-hydrogen) atoms. The van der Waals surface area contributed by atoms with Gasteiger partial charge in [-0.15, -0.1) is 10.2 Å². The maximum Gasteiger partial charge on any atom is 0.266 e. The number of aryl methyl sites for hydroxylation is 1. The van der Waals surface area contributed by atoms with Gasteiger partial charge in [0.15, 0.2) is 10.9 Å². The number of hydrogen-bond acceptors (Lipinski definition) is 7. The van der Waals surface area contributed by atoms with Crippen molar-refractivity contribution in [3.05, 3.63) is 71.8 Å². The van der Waals surface area contributed by atoms with E-state index in [-0.39, 0.29) is 5.91 Å². The van der Waals surface area contributed by atoms with Crippen molar-refractivity contribution < 1.29 is 4.79 Å². The summed E-state index contributed by atoms with van der Waals surface area (Å²) < 4.78 is 1.93. The standard InChI is InChI=1S/C22H21N7OS/c1-16-20(31-22(24-16)29-10-2-3-11-29)21(30)28-14-12-27(13-15-28)19-5-4-18(25-26-19)17-6-8-23-9-7-17/h2-11H,12-15H2,1H3. The Morgan fingerprint density at radius 3 is 2.39 bits per heavy atom. The molecule has 0 spiro atoms. The molecule has 0 unspecified atom stereocenters. The molecule has 0 aromatic carbocycles. The van der Waals surface area contributed by atoms with E-state index in [0.717, 1.165) is 41.0 Å². The fourth-order valence-electron chi connectivity index (χ4n) is 3.61. The number of carbonyl (C=O) groups is 1. The van der Waals surface area contributed by atoms with Gasteiger partial charge in [0.2, 0.25) is 0 Å². The molecule has 8 nitrogen and oxygen atoms in total. The summed E-state index contributed by atoms with van der Waals surface area (Å²) in [6.07, 6.45) is 7.36. The number of piperazine rings is 1. The van der Waals surface area contributed by atoms with Crippen LogP contribution >= 0.6 is 11.3 Å². The van der Waals surface area contributed by atoms with Crippen molar-refractivity contribution in [2.45, 2.75) is 6.92 Å². The van der Waals surface area contributed by atoms with E-state index < -0.39 is 0 Å². The lowest BCUT2D eigenvalue weighted by Crippen LogP contribution is -2.49. The lowest BCUT2D eigenvalue weighted by Gasteiger charge is -2.35. The van der Waals surface area contributed by atoms with E-state index in [2.05, 4.69) is 25.1 Å². The summed E-state index contributed by atoms with van der Waals surface area (Å²) in [5, 5.41) is 9.56. The molecule has 5 heterocycles. The van der Waals surface area contributed by atoms with Gasteiger partial charge in [0.1, 0.15) is 4.88 Å². The van der Waals surface area contributed by atoms with Crippen LogP contribution < -0.4 is 4.90 Å². The number of aromatic nitrogens is 5. The molecule has 4 aromatic rings. The van der Waals surface area contributed by atoms with Crippen molar-refractivity contribution in [2.24, 2.45) is 0 Å². The van der Waals surface area contributed by atoms with Gasteiger partial charge in [-0.1, -0.05) is 11.3 Å². The van der Waals surface area contributed by atoms with Gasteiger partial charge >= 0.3 is 0 Å². The number of thiazole rings is 1. The van der Waals surface area contributed by atoms with E-state index in [0.29, 0.717) is 18.0 Å². The van der Waals surface area contributed by atoms with Crippen LogP contribution in [0.5, 0.6) is 0 Å². The number of anilines is 1. The number of pyridine rings is 1. The summed E-state index contributed by atoms with van der Waals surface area (Å²) in [5.74, 6) is 0.876. The highest BCUT2D eigenvalue weighted by Gasteiger charge is 2.26. The molecule has 1 amide bonds. The van der Waals surface area contributed by atoms with Crippen molar-refractivity contribution in [3.63, 3.8) is 0 Å². The van der Waals surface area contributed by atoms with Crippen LogP contribution in [0.4, 0.5) is 5.82 Å². The summed E-state index contributed by atoms with van der Waals surface area (Å²) in [7, 11) is 0. The molecule has 1 fully saturated rings. The Balaban J connectivity index is 1.24. The third kappa shape index (κ3) is 3.91. The minimum absolute atomic E-state index is 0.0483. The second-order valence-electron chi connectivity index (χ2n) is 7.29. The summed E-state index contributed by atoms with van der Waals surface area (Å²) in [6, 6.07) is 11.7. The quantitative estimate of drug-likeness (QED) is 0.494. The van der Waals surface area contributed by atoms with E-state index in [9.17, 15) is 4.79 Å². The molecule has 1 aliphatic heterocycles. The van der Waals surface area contributed by atoms with E-state index in [1.54, 1.807) is 12.4 Å². The summed E-state index contributed by atoms with van der Waals surface area (Å²) >= 11 is 1.44. The van der Waals surface area contributed by atoms with E-state index in [1.807, 2.05) is 65.2 Å². The maximum absolute atomic E-state index is 13.1. The molecule has 0 bridgehead atoms. The molecule has 9 heteroatoms. The van der Waals surface area contributed by atoms with Crippen LogP contribution in [0.2, 0.25) is 0 Å². The smallest absolute Gasteiger partial charge is 0.266 e. The fraction of sp³-hybridized carbons (Fsp3) is 0.227. The molecule has 156 valence electrons. The van der Waals surface area contributed by atoms with Gasteiger partial charge in [-0.3, -0.25) is 9.78 Å². The summed E-state index contributed by atoms with van der Waals surface area (Å²) in [6.45, 7) is 4.62. The van der Waals surface area contributed by atoms with Gasteiger partial charge in [0.25, 0.3) is 5.91 Å². The molecule has 0 atom stereocenters. The Bertz CT molecular complexity index is 1160. The maximum atomic E-state index is 13.1. The summed E-state index contributed by atoms with van der Waals surface area (Å²) in [4.78, 5) is 26.5. The molecule has 1 saturated heterocycles. The van der Waals surface area contributed by atoms with Crippen LogP contribution in [0.15, 0.2) is 61.2 Å². The van der Waals surface area contributed by atoms with Crippen LogP contribution in [-0.2, 0) is 0 Å². The normalized spacial score (nSPS) is 14.1. The molecular weight excluding hydrogens is 410 g/mol. The highest BCUT2D eigenvalue weighted by Crippen LogP contribution is 2.24. The second-order valence-corrected chi connectivity index (χ2v) is 8.27. The van der Waals surface area contributed by atoms with Crippen LogP contribution in [0.25, 0.3) is 16.4 Å². The number of carbonyl (C=O) groups excluding carboxylic acids is 1. The van der Waals surface area contributed by atoms with Crippen LogP contribution in [0, 0.1) is 6.92 Å².